The highest BCUT2D eigenvalue weighted by Gasteiger charge is 2.20. The third-order valence-electron chi connectivity index (χ3n) is 3.21. The van der Waals surface area contributed by atoms with Gasteiger partial charge in [-0.1, -0.05) is 36.4 Å². The molecule has 0 bridgehead atoms. The monoisotopic (exact) mass is 252 g/mol. The molecular formula is C16H16N2O. The van der Waals surface area contributed by atoms with Crippen molar-refractivity contribution in [1.82, 2.24) is 4.98 Å². The maximum Gasteiger partial charge on any atom is 0.235 e. The Balaban J connectivity index is 1.61. The van der Waals surface area contributed by atoms with Crippen molar-refractivity contribution in [2.75, 3.05) is 6.61 Å². The maximum absolute atomic E-state index is 5.63. The van der Waals surface area contributed by atoms with Crippen LogP contribution in [0, 0.1) is 0 Å². The van der Waals surface area contributed by atoms with E-state index in [1.807, 2.05) is 24.3 Å². The molecule has 3 heteroatoms. The number of benzene rings is 1. The van der Waals surface area contributed by atoms with Gasteiger partial charge in [0.15, 0.2) is 0 Å². The predicted octanol–water partition coefficient (Wildman–Crippen LogP) is 2.86. The summed E-state index contributed by atoms with van der Waals surface area (Å²) in [6, 6.07) is 16.5. The Morgan fingerprint density at radius 2 is 1.89 bits per heavy atom. The van der Waals surface area contributed by atoms with Crippen LogP contribution in [0.5, 0.6) is 0 Å². The highest BCUT2D eigenvalue weighted by Crippen LogP contribution is 2.15. The van der Waals surface area contributed by atoms with Gasteiger partial charge in [-0.3, -0.25) is 4.98 Å². The van der Waals surface area contributed by atoms with E-state index in [0.29, 0.717) is 12.5 Å². The van der Waals surface area contributed by atoms with Gasteiger partial charge in [0.1, 0.15) is 12.3 Å². The molecule has 0 aliphatic carbocycles. The zero-order valence-electron chi connectivity index (χ0n) is 10.7. The summed E-state index contributed by atoms with van der Waals surface area (Å²) in [4.78, 5) is 8.86. The van der Waals surface area contributed by atoms with E-state index >= 15 is 0 Å². The fraction of sp³-hybridized carbons (Fsp3) is 0.250. The minimum Gasteiger partial charge on any atom is -0.474 e. The molecule has 0 spiro atoms. The summed E-state index contributed by atoms with van der Waals surface area (Å²) in [6.07, 6.45) is 3.81. The molecule has 0 N–H and O–H groups in total. The average molecular weight is 252 g/mol. The van der Waals surface area contributed by atoms with Crippen LogP contribution in [-0.2, 0) is 11.2 Å². The molecular weight excluding hydrogens is 236 g/mol. The summed E-state index contributed by atoms with van der Waals surface area (Å²) in [5.74, 6) is 0.679. The average Bonchev–Trinajstić information content (AvgIpc) is 2.96. The lowest BCUT2D eigenvalue weighted by atomic mass is 10.1. The second-order valence-corrected chi connectivity index (χ2v) is 4.64. The lowest BCUT2D eigenvalue weighted by molar-refractivity contribution is 0.311. The number of hydrogen-bond donors (Lipinski definition) is 0. The van der Waals surface area contributed by atoms with Crippen molar-refractivity contribution < 1.29 is 4.74 Å². The molecule has 19 heavy (non-hydrogen) atoms. The van der Waals surface area contributed by atoms with Gasteiger partial charge in [-0.25, -0.2) is 4.99 Å². The molecule has 1 aliphatic rings. The van der Waals surface area contributed by atoms with Crippen molar-refractivity contribution in [3.8, 4) is 0 Å². The molecule has 0 unspecified atom stereocenters. The van der Waals surface area contributed by atoms with Crippen LogP contribution in [0.2, 0.25) is 0 Å². The highest BCUT2D eigenvalue weighted by molar-refractivity contribution is 5.93. The van der Waals surface area contributed by atoms with Gasteiger partial charge in [-0.05, 0) is 30.5 Å². The van der Waals surface area contributed by atoms with Gasteiger partial charge in [0.25, 0.3) is 0 Å². The van der Waals surface area contributed by atoms with Gasteiger partial charge in [0.2, 0.25) is 5.90 Å². The highest BCUT2D eigenvalue weighted by atomic mass is 16.5. The third kappa shape index (κ3) is 2.99. The van der Waals surface area contributed by atoms with Crippen LogP contribution in [0.3, 0.4) is 0 Å². The van der Waals surface area contributed by atoms with Crippen molar-refractivity contribution in [1.29, 1.82) is 0 Å². The molecule has 0 saturated heterocycles. The number of aryl methyl sites for hydroxylation is 1. The Hall–Kier alpha value is -2.16. The van der Waals surface area contributed by atoms with Crippen LogP contribution in [0.1, 0.15) is 17.7 Å². The fourth-order valence-electron chi connectivity index (χ4n) is 2.17. The molecule has 0 saturated carbocycles. The Morgan fingerprint density at radius 1 is 1.05 bits per heavy atom. The summed E-state index contributed by atoms with van der Waals surface area (Å²) in [5.41, 5.74) is 2.17. The molecule has 2 heterocycles. The Bertz CT molecular complexity index is 551. The van der Waals surface area contributed by atoms with E-state index in [9.17, 15) is 0 Å². The van der Waals surface area contributed by atoms with Crippen LogP contribution in [0.25, 0.3) is 0 Å². The minimum atomic E-state index is 0.247. The fourth-order valence-corrected chi connectivity index (χ4v) is 2.17. The molecule has 0 fully saturated rings. The zero-order chi connectivity index (χ0) is 12.9. The smallest absolute Gasteiger partial charge is 0.235 e. The molecule has 1 atom stereocenters. The molecule has 3 rings (SSSR count). The number of ether oxygens (including phenoxy) is 1. The van der Waals surface area contributed by atoms with Crippen molar-refractivity contribution in [3.05, 3.63) is 66.0 Å². The Morgan fingerprint density at radius 3 is 2.68 bits per heavy atom. The predicted molar refractivity (Wildman–Crippen MR) is 75.3 cm³/mol. The zero-order valence-corrected chi connectivity index (χ0v) is 10.7. The van der Waals surface area contributed by atoms with E-state index in [0.717, 1.165) is 18.5 Å². The molecule has 2 aromatic rings. The first-order valence-corrected chi connectivity index (χ1v) is 6.58. The quantitative estimate of drug-likeness (QED) is 0.838. The number of aliphatic imine (C=N–C) groups is 1. The summed E-state index contributed by atoms with van der Waals surface area (Å²) >= 11 is 0. The van der Waals surface area contributed by atoms with Gasteiger partial charge in [0.05, 0.1) is 6.04 Å². The molecule has 1 aromatic carbocycles. The van der Waals surface area contributed by atoms with Crippen LogP contribution >= 0.6 is 0 Å². The first-order valence-electron chi connectivity index (χ1n) is 6.58. The normalized spacial score (nSPS) is 17.9. The number of rotatable bonds is 4. The van der Waals surface area contributed by atoms with Gasteiger partial charge < -0.3 is 4.74 Å². The van der Waals surface area contributed by atoms with E-state index < -0.39 is 0 Å². The Kier molecular flexibility index (Phi) is 3.54. The van der Waals surface area contributed by atoms with E-state index in [-0.39, 0.29) is 6.04 Å². The van der Waals surface area contributed by atoms with Gasteiger partial charge in [-0.15, -0.1) is 0 Å². The van der Waals surface area contributed by atoms with Crippen molar-refractivity contribution in [2.24, 2.45) is 4.99 Å². The third-order valence-corrected chi connectivity index (χ3v) is 3.21. The van der Waals surface area contributed by atoms with Crippen molar-refractivity contribution in [2.45, 2.75) is 18.9 Å². The maximum atomic E-state index is 5.63. The SMILES string of the molecule is c1ccc(CC[C@H]2COC(c3ccccn3)=N2)cc1. The standard InChI is InChI=1S/C16H16N2O/c1-2-6-13(7-3-1)9-10-14-12-19-16(18-14)15-8-4-5-11-17-15/h1-8,11,14H,9-10,12H2/t14-/m0/s1. The second kappa shape index (κ2) is 5.65. The topological polar surface area (TPSA) is 34.5 Å². The van der Waals surface area contributed by atoms with Crippen molar-refractivity contribution in [3.63, 3.8) is 0 Å². The number of pyridine rings is 1. The lowest BCUT2D eigenvalue weighted by Gasteiger charge is -2.04. The molecule has 0 radical (unpaired) electrons. The van der Waals surface area contributed by atoms with E-state index in [1.165, 1.54) is 5.56 Å². The molecule has 3 nitrogen and oxygen atoms in total. The lowest BCUT2D eigenvalue weighted by Crippen LogP contribution is -2.07. The summed E-state index contributed by atoms with van der Waals surface area (Å²) in [6.45, 7) is 0.665. The second-order valence-electron chi connectivity index (χ2n) is 4.64. The Labute approximate surface area is 113 Å². The van der Waals surface area contributed by atoms with Gasteiger partial charge in [-0.2, -0.15) is 0 Å². The van der Waals surface area contributed by atoms with Crippen LogP contribution in [-0.4, -0.2) is 23.5 Å². The summed E-state index contributed by atoms with van der Waals surface area (Å²) in [5, 5.41) is 0. The molecule has 96 valence electrons. The molecule has 0 amide bonds. The van der Waals surface area contributed by atoms with E-state index in [2.05, 4.69) is 34.2 Å². The summed E-state index contributed by atoms with van der Waals surface area (Å²) < 4.78 is 5.63. The molecule has 1 aliphatic heterocycles. The van der Waals surface area contributed by atoms with Crippen LogP contribution in [0.4, 0.5) is 0 Å². The van der Waals surface area contributed by atoms with Crippen LogP contribution in [0.15, 0.2) is 59.7 Å². The van der Waals surface area contributed by atoms with Gasteiger partial charge in [0, 0.05) is 6.20 Å². The number of hydrogen-bond acceptors (Lipinski definition) is 3. The largest absolute Gasteiger partial charge is 0.474 e. The van der Waals surface area contributed by atoms with E-state index in [4.69, 9.17) is 4.74 Å². The number of nitrogens with zero attached hydrogens (tertiary/aromatic N) is 2. The molecule has 1 aromatic heterocycles. The summed E-state index contributed by atoms with van der Waals surface area (Å²) in [7, 11) is 0. The van der Waals surface area contributed by atoms with E-state index in [1.54, 1.807) is 6.20 Å². The first-order chi connectivity index (χ1) is 9.42. The number of aromatic nitrogens is 1. The van der Waals surface area contributed by atoms with Crippen LogP contribution < -0.4 is 0 Å². The first kappa shape index (κ1) is 11.9. The minimum absolute atomic E-state index is 0.247. The van der Waals surface area contributed by atoms with Gasteiger partial charge >= 0.3 is 0 Å². The van der Waals surface area contributed by atoms with Crippen molar-refractivity contribution >= 4 is 5.90 Å².